The zero-order valence-electron chi connectivity index (χ0n) is 7.53. The van der Waals surface area contributed by atoms with Crippen LogP contribution in [0.4, 0.5) is 4.39 Å². The third kappa shape index (κ3) is 2.74. The van der Waals surface area contributed by atoms with Crippen LogP contribution in [0.2, 0.25) is 0 Å². The summed E-state index contributed by atoms with van der Waals surface area (Å²) in [6.45, 7) is 3.66. The van der Waals surface area contributed by atoms with Crippen LogP contribution >= 0.6 is 0 Å². The molecule has 68 valence electrons. The van der Waals surface area contributed by atoms with Gasteiger partial charge in [-0.15, -0.1) is 0 Å². The summed E-state index contributed by atoms with van der Waals surface area (Å²) in [7, 11) is 0. The fourth-order valence-corrected chi connectivity index (χ4v) is 0.768. The molecule has 1 aromatic heterocycles. The summed E-state index contributed by atoms with van der Waals surface area (Å²) in [5.74, 6) is -0.574. The summed E-state index contributed by atoms with van der Waals surface area (Å²) < 4.78 is 12.4. The first-order valence-corrected chi connectivity index (χ1v) is 3.86. The summed E-state index contributed by atoms with van der Waals surface area (Å²) in [6, 6.07) is 0. The van der Waals surface area contributed by atoms with Crippen LogP contribution in [0, 0.1) is 5.95 Å². The molecule has 0 spiro atoms. The maximum Gasteiger partial charge on any atom is 0.231 e. The fraction of sp³-hybridized carbons (Fsp3) is 0.222. The lowest BCUT2D eigenvalue weighted by Crippen LogP contribution is -1.90. The number of halogens is 1. The van der Waals surface area contributed by atoms with Crippen molar-refractivity contribution < 1.29 is 4.39 Å². The van der Waals surface area contributed by atoms with E-state index in [4.69, 9.17) is 0 Å². The lowest BCUT2D eigenvalue weighted by Gasteiger charge is -1.96. The van der Waals surface area contributed by atoms with Gasteiger partial charge in [-0.25, -0.2) is 4.98 Å². The molecule has 0 unspecified atom stereocenters. The molecule has 0 aromatic carbocycles. The summed E-state index contributed by atoms with van der Waals surface area (Å²) in [5.41, 5.74) is 1.48. The van der Waals surface area contributed by atoms with Crippen LogP contribution in [0.15, 0.2) is 23.6 Å². The van der Waals surface area contributed by atoms with Gasteiger partial charge >= 0.3 is 0 Å². The number of rotatable bonds is 2. The van der Waals surface area contributed by atoms with E-state index in [1.54, 1.807) is 12.4 Å². The Morgan fingerprint density at radius 1 is 1.46 bits per heavy atom. The van der Waals surface area contributed by atoms with Gasteiger partial charge in [0.05, 0.1) is 18.1 Å². The average molecular weight is 179 g/mol. The van der Waals surface area contributed by atoms with E-state index in [-0.39, 0.29) is 0 Å². The minimum atomic E-state index is -0.574. The van der Waals surface area contributed by atoms with Gasteiger partial charge in [0.2, 0.25) is 5.95 Å². The van der Waals surface area contributed by atoms with Crippen molar-refractivity contribution in [2.75, 3.05) is 0 Å². The highest BCUT2D eigenvalue weighted by molar-refractivity contribution is 5.62. The minimum Gasteiger partial charge on any atom is -0.269 e. The van der Waals surface area contributed by atoms with Gasteiger partial charge in [0.15, 0.2) is 0 Å². The molecule has 3 nitrogen and oxygen atoms in total. The molecule has 0 saturated heterocycles. The molecule has 1 rings (SSSR count). The summed E-state index contributed by atoms with van der Waals surface area (Å²) >= 11 is 0. The Bertz CT molecular complexity index is 327. The largest absolute Gasteiger partial charge is 0.269 e. The van der Waals surface area contributed by atoms with Gasteiger partial charge in [-0.05, 0) is 19.4 Å². The molecule has 0 aliphatic heterocycles. The Hall–Kier alpha value is -1.58. The van der Waals surface area contributed by atoms with Crippen LogP contribution in [0.25, 0.3) is 5.57 Å². The highest BCUT2D eigenvalue weighted by Crippen LogP contribution is 2.08. The standard InChI is InChI=1S/C9H10FN3/c1-3-11-4-7(2)8-5-13-9(10)6-12-8/h3-6H,1-2H3/b7-4+,11-3-. The van der Waals surface area contributed by atoms with Crippen LogP contribution in [0.5, 0.6) is 0 Å². The molecule has 4 heteroatoms. The van der Waals surface area contributed by atoms with Gasteiger partial charge in [0, 0.05) is 12.4 Å². The van der Waals surface area contributed by atoms with E-state index in [2.05, 4.69) is 15.0 Å². The van der Waals surface area contributed by atoms with E-state index in [9.17, 15) is 4.39 Å². The van der Waals surface area contributed by atoms with Crippen molar-refractivity contribution in [3.05, 3.63) is 30.2 Å². The smallest absolute Gasteiger partial charge is 0.231 e. The highest BCUT2D eigenvalue weighted by atomic mass is 19.1. The van der Waals surface area contributed by atoms with Crippen molar-refractivity contribution in [1.82, 2.24) is 9.97 Å². The molecule has 0 bridgehead atoms. The second-order valence-electron chi connectivity index (χ2n) is 2.44. The molecule has 0 N–H and O–H groups in total. The molecule has 0 amide bonds. The molecule has 13 heavy (non-hydrogen) atoms. The van der Waals surface area contributed by atoms with Crippen LogP contribution < -0.4 is 0 Å². The monoisotopic (exact) mass is 179 g/mol. The van der Waals surface area contributed by atoms with Crippen molar-refractivity contribution in [2.45, 2.75) is 13.8 Å². The normalized spacial score (nSPS) is 12.4. The number of aliphatic imine (C=N–C) groups is 1. The lowest BCUT2D eigenvalue weighted by molar-refractivity contribution is 0.576. The van der Waals surface area contributed by atoms with E-state index in [0.717, 1.165) is 11.8 Å². The van der Waals surface area contributed by atoms with Crippen molar-refractivity contribution in [1.29, 1.82) is 0 Å². The highest BCUT2D eigenvalue weighted by Gasteiger charge is 1.97. The van der Waals surface area contributed by atoms with E-state index in [1.165, 1.54) is 6.20 Å². The zero-order valence-corrected chi connectivity index (χ0v) is 7.53. The molecular formula is C9H10FN3. The Morgan fingerprint density at radius 2 is 2.23 bits per heavy atom. The molecule has 0 aliphatic carbocycles. The minimum absolute atomic E-state index is 0.574. The Morgan fingerprint density at radius 3 is 2.77 bits per heavy atom. The van der Waals surface area contributed by atoms with Crippen molar-refractivity contribution in [2.24, 2.45) is 4.99 Å². The maximum atomic E-state index is 12.4. The molecule has 0 saturated carbocycles. The molecule has 0 fully saturated rings. The van der Waals surface area contributed by atoms with Gasteiger partial charge in [0.25, 0.3) is 0 Å². The van der Waals surface area contributed by atoms with Crippen molar-refractivity contribution in [3.8, 4) is 0 Å². The number of nitrogens with zero attached hydrogens (tertiary/aromatic N) is 3. The predicted octanol–water partition coefficient (Wildman–Crippen LogP) is 2.07. The van der Waals surface area contributed by atoms with Crippen LogP contribution in [-0.4, -0.2) is 16.2 Å². The Balaban J connectivity index is 2.89. The van der Waals surface area contributed by atoms with Gasteiger partial charge < -0.3 is 0 Å². The number of aromatic nitrogens is 2. The number of allylic oxidation sites excluding steroid dienone is 1. The molecule has 0 atom stereocenters. The van der Waals surface area contributed by atoms with Crippen molar-refractivity contribution in [3.63, 3.8) is 0 Å². The number of hydrogen-bond acceptors (Lipinski definition) is 3. The third-order valence-electron chi connectivity index (χ3n) is 1.44. The third-order valence-corrected chi connectivity index (χ3v) is 1.44. The first-order chi connectivity index (χ1) is 6.24. The van der Waals surface area contributed by atoms with Crippen molar-refractivity contribution >= 4 is 11.8 Å². The predicted molar refractivity (Wildman–Crippen MR) is 49.8 cm³/mol. The van der Waals surface area contributed by atoms with Crippen LogP contribution in [0.1, 0.15) is 19.5 Å². The topological polar surface area (TPSA) is 38.1 Å². The van der Waals surface area contributed by atoms with Gasteiger partial charge in [-0.3, -0.25) is 9.98 Å². The average Bonchev–Trinajstić information content (AvgIpc) is 2.15. The molecule has 0 aliphatic rings. The first-order valence-electron chi connectivity index (χ1n) is 3.86. The first kappa shape index (κ1) is 9.51. The summed E-state index contributed by atoms with van der Waals surface area (Å²) in [5, 5.41) is 0. The second kappa shape index (κ2) is 4.45. The van der Waals surface area contributed by atoms with Gasteiger partial charge in [-0.2, -0.15) is 4.39 Å². The SMILES string of the molecule is C/C=N\C=C(/C)c1cnc(F)cn1. The Kier molecular flexibility index (Phi) is 3.25. The van der Waals surface area contributed by atoms with E-state index < -0.39 is 5.95 Å². The Labute approximate surface area is 76.1 Å². The molecule has 0 radical (unpaired) electrons. The van der Waals surface area contributed by atoms with Gasteiger partial charge in [-0.1, -0.05) is 0 Å². The quantitative estimate of drug-likeness (QED) is 0.652. The molecular weight excluding hydrogens is 169 g/mol. The van der Waals surface area contributed by atoms with E-state index in [0.29, 0.717) is 5.69 Å². The van der Waals surface area contributed by atoms with E-state index in [1.807, 2.05) is 13.8 Å². The summed E-state index contributed by atoms with van der Waals surface area (Å²) in [4.78, 5) is 11.3. The molecule has 1 aromatic rings. The maximum absolute atomic E-state index is 12.4. The number of hydrogen-bond donors (Lipinski definition) is 0. The van der Waals surface area contributed by atoms with E-state index >= 15 is 0 Å². The zero-order chi connectivity index (χ0) is 9.68. The van der Waals surface area contributed by atoms with Crippen LogP contribution in [0.3, 0.4) is 0 Å². The second-order valence-corrected chi connectivity index (χ2v) is 2.44. The van der Waals surface area contributed by atoms with Crippen LogP contribution in [-0.2, 0) is 0 Å². The molecule has 1 heterocycles. The fourth-order valence-electron chi connectivity index (χ4n) is 0.768. The lowest BCUT2D eigenvalue weighted by atomic mass is 10.2. The van der Waals surface area contributed by atoms with Gasteiger partial charge in [0.1, 0.15) is 0 Å². The summed E-state index contributed by atoms with van der Waals surface area (Å²) in [6.07, 6.45) is 5.79.